The molecule has 0 spiro atoms. The standard InChI is InChI=1S/C19H17N3O4S/c1-25-15-9-8-13(10-16(15)26-2)20-18(24)14-11-27-19(21-14)22-17(23)12-6-4-3-5-7-12/h3-11H,1-2H3,(H,20,24)(H,21,22,23). The second kappa shape index (κ2) is 8.33. The van der Waals surface area contributed by atoms with Crippen molar-refractivity contribution in [2.75, 3.05) is 24.9 Å². The molecule has 0 radical (unpaired) electrons. The molecular weight excluding hydrogens is 366 g/mol. The summed E-state index contributed by atoms with van der Waals surface area (Å²) in [5.41, 5.74) is 1.27. The van der Waals surface area contributed by atoms with Gasteiger partial charge in [0.05, 0.1) is 14.2 Å². The molecule has 0 saturated heterocycles. The van der Waals surface area contributed by atoms with E-state index in [2.05, 4.69) is 15.6 Å². The monoisotopic (exact) mass is 383 g/mol. The summed E-state index contributed by atoms with van der Waals surface area (Å²) in [5, 5.41) is 7.35. The van der Waals surface area contributed by atoms with Crippen molar-refractivity contribution in [2.45, 2.75) is 0 Å². The maximum atomic E-state index is 12.4. The summed E-state index contributed by atoms with van der Waals surface area (Å²) in [5.74, 6) is 0.398. The molecular formula is C19H17N3O4S. The predicted molar refractivity (Wildman–Crippen MR) is 104 cm³/mol. The van der Waals surface area contributed by atoms with Gasteiger partial charge >= 0.3 is 0 Å². The van der Waals surface area contributed by atoms with E-state index in [1.807, 2.05) is 6.07 Å². The van der Waals surface area contributed by atoms with Crippen molar-refractivity contribution in [3.63, 3.8) is 0 Å². The quantitative estimate of drug-likeness (QED) is 0.678. The van der Waals surface area contributed by atoms with E-state index >= 15 is 0 Å². The molecule has 1 aromatic heterocycles. The van der Waals surface area contributed by atoms with Gasteiger partial charge < -0.3 is 14.8 Å². The summed E-state index contributed by atoms with van der Waals surface area (Å²) in [4.78, 5) is 28.7. The lowest BCUT2D eigenvalue weighted by Gasteiger charge is -2.10. The molecule has 0 atom stereocenters. The van der Waals surface area contributed by atoms with Gasteiger partial charge in [0.1, 0.15) is 5.69 Å². The fraction of sp³-hybridized carbons (Fsp3) is 0.105. The fourth-order valence-electron chi connectivity index (χ4n) is 2.30. The number of nitrogens with one attached hydrogen (secondary N) is 2. The number of amides is 2. The van der Waals surface area contributed by atoms with Gasteiger partial charge in [-0.1, -0.05) is 18.2 Å². The molecule has 2 N–H and O–H groups in total. The molecule has 8 heteroatoms. The zero-order chi connectivity index (χ0) is 19.2. The Balaban J connectivity index is 1.67. The van der Waals surface area contributed by atoms with Crippen LogP contribution >= 0.6 is 11.3 Å². The molecule has 0 bridgehead atoms. The van der Waals surface area contributed by atoms with Gasteiger partial charge in [-0.15, -0.1) is 11.3 Å². The maximum absolute atomic E-state index is 12.4. The molecule has 3 aromatic rings. The molecule has 138 valence electrons. The van der Waals surface area contributed by atoms with Gasteiger partial charge in [-0.05, 0) is 24.3 Å². The number of benzene rings is 2. The van der Waals surface area contributed by atoms with Crippen molar-refractivity contribution in [1.82, 2.24) is 4.98 Å². The van der Waals surface area contributed by atoms with Crippen LogP contribution in [0.15, 0.2) is 53.9 Å². The van der Waals surface area contributed by atoms with Crippen LogP contribution in [0.4, 0.5) is 10.8 Å². The fourth-order valence-corrected chi connectivity index (χ4v) is 2.99. The first-order chi connectivity index (χ1) is 13.1. The molecule has 0 aliphatic carbocycles. The lowest BCUT2D eigenvalue weighted by Crippen LogP contribution is -2.14. The number of thiazole rings is 1. The van der Waals surface area contributed by atoms with Crippen LogP contribution in [0.25, 0.3) is 0 Å². The minimum atomic E-state index is -0.390. The molecule has 0 saturated carbocycles. The normalized spacial score (nSPS) is 10.1. The smallest absolute Gasteiger partial charge is 0.275 e. The van der Waals surface area contributed by atoms with Crippen molar-refractivity contribution in [3.8, 4) is 11.5 Å². The molecule has 7 nitrogen and oxygen atoms in total. The topological polar surface area (TPSA) is 89.6 Å². The second-order valence-electron chi connectivity index (χ2n) is 5.38. The SMILES string of the molecule is COc1ccc(NC(=O)c2csc(NC(=O)c3ccccc3)n2)cc1OC. The Morgan fingerprint density at radius 3 is 2.37 bits per heavy atom. The van der Waals surface area contributed by atoms with Gasteiger partial charge in [-0.3, -0.25) is 14.9 Å². The van der Waals surface area contributed by atoms with E-state index in [0.29, 0.717) is 27.9 Å². The molecule has 1 heterocycles. The van der Waals surface area contributed by atoms with Crippen molar-refractivity contribution >= 4 is 34.0 Å². The number of methoxy groups -OCH3 is 2. The third-order valence-electron chi connectivity index (χ3n) is 3.63. The first kappa shape index (κ1) is 18.4. The minimum absolute atomic E-state index is 0.207. The zero-order valence-corrected chi connectivity index (χ0v) is 15.5. The number of anilines is 2. The van der Waals surface area contributed by atoms with Gasteiger partial charge in [0.25, 0.3) is 11.8 Å². The molecule has 0 aliphatic rings. The molecule has 27 heavy (non-hydrogen) atoms. The van der Waals surface area contributed by atoms with Crippen molar-refractivity contribution in [3.05, 3.63) is 65.2 Å². The number of rotatable bonds is 6. The Kier molecular flexibility index (Phi) is 5.68. The Morgan fingerprint density at radius 1 is 0.926 bits per heavy atom. The lowest BCUT2D eigenvalue weighted by atomic mass is 10.2. The largest absolute Gasteiger partial charge is 0.493 e. The molecule has 2 aromatic carbocycles. The molecule has 0 fully saturated rings. The van der Waals surface area contributed by atoms with E-state index in [9.17, 15) is 9.59 Å². The van der Waals surface area contributed by atoms with E-state index in [1.54, 1.807) is 47.8 Å². The van der Waals surface area contributed by atoms with Crippen LogP contribution in [0.3, 0.4) is 0 Å². The number of hydrogen-bond donors (Lipinski definition) is 2. The highest BCUT2D eigenvalue weighted by Crippen LogP contribution is 2.30. The Bertz CT molecular complexity index is 957. The van der Waals surface area contributed by atoms with Crippen molar-refractivity contribution < 1.29 is 19.1 Å². The molecule has 0 aliphatic heterocycles. The summed E-state index contributed by atoms with van der Waals surface area (Å²) in [6.07, 6.45) is 0. The van der Waals surface area contributed by atoms with Crippen LogP contribution in [0, 0.1) is 0 Å². The first-order valence-electron chi connectivity index (χ1n) is 7.96. The highest BCUT2D eigenvalue weighted by molar-refractivity contribution is 7.14. The van der Waals surface area contributed by atoms with E-state index in [0.717, 1.165) is 0 Å². The number of hydrogen-bond acceptors (Lipinski definition) is 6. The zero-order valence-electron chi connectivity index (χ0n) is 14.7. The molecule has 2 amide bonds. The van der Waals surface area contributed by atoms with Crippen LogP contribution in [-0.2, 0) is 0 Å². The van der Waals surface area contributed by atoms with E-state index in [4.69, 9.17) is 9.47 Å². The van der Waals surface area contributed by atoms with Crippen LogP contribution in [-0.4, -0.2) is 31.0 Å². The minimum Gasteiger partial charge on any atom is -0.493 e. The van der Waals surface area contributed by atoms with Crippen LogP contribution < -0.4 is 20.1 Å². The summed E-state index contributed by atoms with van der Waals surface area (Å²) < 4.78 is 10.4. The Morgan fingerprint density at radius 2 is 1.67 bits per heavy atom. The van der Waals surface area contributed by atoms with Gasteiger partial charge in [0.2, 0.25) is 0 Å². The predicted octanol–water partition coefficient (Wildman–Crippen LogP) is 3.66. The average Bonchev–Trinajstić information content (AvgIpc) is 3.17. The lowest BCUT2D eigenvalue weighted by molar-refractivity contribution is 0.101. The number of carbonyl (C=O) groups excluding carboxylic acids is 2. The average molecular weight is 383 g/mol. The van der Waals surface area contributed by atoms with Crippen LogP contribution in [0.5, 0.6) is 11.5 Å². The highest BCUT2D eigenvalue weighted by Gasteiger charge is 2.14. The van der Waals surface area contributed by atoms with Gasteiger partial charge in [0, 0.05) is 22.7 Å². The van der Waals surface area contributed by atoms with Gasteiger partial charge in [-0.25, -0.2) is 4.98 Å². The number of aromatic nitrogens is 1. The summed E-state index contributed by atoms with van der Waals surface area (Å²) >= 11 is 1.18. The Hall–Kier alpha value is -3.39. The van der Waals surface area contributed by atoms with Crippen molar-refractivity contribution in [2.24, 2.45) is 0 Å². The van der Waals surface area contributed by atoms with Crippen LogP contribution in [0.1, 0.15) is 20.8 Å². The van der Waals surface area contributed by atoms with Gasteiger partial charge in [0.15, 0.2) is 16.6 Å². The van der Waals surface area contributed by atoms with Gasteiger partial charge in [-0.2, -0.15) is 0 Å². The number of carbonyl (C=O) groups is 2. The first-order valence-corrected chi connectivity index (χ1v) is 8.84. The maximum Gasteiger partial charge on any atom is 0.275 e. The van der Waals surface area contributed by atoms with Crippen molar-refractivity contribution in [1.29, 1.82) is 0 Å². The van der Waals surface area contributed by atoms with E-state index in [-0.39, 0.29) is 11.6 Å². The van der Waals surface area contributed by atoms with E-state index in [1.165, 1.54) is 25.6 Å². The number of nitrogens with zero attached hydrogens (tertiary/aromatic N) is 1. The summed E-state index contributed by atoms with van der Waals surface area (Å²) in [7, 11) is 3.06. The summed E-state index contributed by atoms with van der Waals surface area (Å²) in [6.45, 7) is 0. The van der Waals surface area contributed by atoms with Crippen LogP contribution in [0.2, 0.25) is 0 Å². The second-order valence-corrected chi connectivity index (χ2v) is 6.24. The third-order valence-corrected chi connectivity index (χ3v) is 4.39. The summed E-state index contributed by atoms with van der Waals surface area (Å²) in [6, 6.07) is 13.8. The number of ether oxygens (including phenoxy) is 2. The Labute approximate surface area is 160 Å². The highest BCUT2D eigenvalue weighted by atomic mass is 32.1. The molecule has 3 rings (SSSR count). The third kappa shape index (κ3) is 4.42. The molecule has 0 unspecified atom stereocenters. The van der Waals surface area contributed by atoms with E-state index < -0.39 is 5.91 Å².